The average molecular weight is 225 g/mol. The molecule has 0 heterocycles. The van der Waals surface area contributed by atoms with E-state index in [1.807, 2.05) is 6.92 Å². The van der Waals surface area contributed by atoms with Gasteiger partial charge in [-0.25, -0.2) is 0 Å². The van der Waals surface area contributed by atoms with Crippen molar-refractivity contribution >= 4 is 25.1 Å². The van der Waals surface area contributed by atoms with Gasteiger partial charge in [-0.2, -0.15) is 0 Å². The van der Waals surface area contributed by atoms with Crippen LogP contribution in [0.5, 0.6) is 0 Å². The SMILES string of the molecule is BC1(C)CCCC(N(C)C(C)=S)C(C)C1. The average Bonchev–Trinajstić information content (AvgIpc) is 2.21. The summed E-state index contributed by atoms with van der Waals surface area (Å²) in [6.45, 7) is 6.82. The van der Waals surface area contributed by atoms with Crippen molar-refractivity contribution in [2.24, 2.45) is 5.92 Å². The lowest BCUT2D eigenvalue weighted by Gasteiger charge is -2.34. The van der Waals surface area contributed by atoms with Gasteiger partial charge < -0.3 is 4.90 Å². The van der Waals surface area contributed by atoms with Crippen molar-refractivity contribution in [3.05, 3.63) is 0 Å². The maximum Gasteiger partial charge on any atom is 0.109 e. The van der Waals surface area contributed by atoms with E-state index in [1.54, 1.807) is 0 Å². The molecule has 1 nitrogen and oxygen atoms in total. The summed E-state index contributed by atoms with van der Waals surface area (Å²) >= 11 is 5.28. The second kappa shape index (κ2) is 4.86. The highest BCUT2D eigenvalue weighted by atomic mass is 32.1. The molecule has 0 N–H and O–H groups in total. The van der Waals surface area contributed by atoms with Crippen LogP contribution in [0.25, 0.3) is 0 Å². The minimum absolute atomic E-state index is 0.518. The van der Waals surface area contributed by atoms with E-state index in [9.17, 15) is 0 Å². The number of hydrogen-bond acceptors (Lipinski definition) is 1. The summed E-state index contributed by atoms with van der Waals surface area (Å²) in [4.78, 5) is 3.34. The summed E-state index contributed by atoms with van der Waals surface area (Å²) in [7, 11) is 4.55. The summed E-state index contributed by atoms with van der Waals surface area (Å²) in [6, 6.07) is 0.657. The largest absolute Gasteiger partial charge is 0.366 e. The van der Waals surface area contributed by atoms with Gasteiger partial charge in [-0.05, 0) is 19.3 Å². The third kappa shape index (κ3) is 3.48. The maximum atomic E-state index is 5.28. The van der Waals surface area contributed by atoms with Gasteiger partial charge in [0.2, 0.25) is 0 Å². The molecule has 0 aromatic heterocycles. The van der Waals surface area contributed by atoms with Crippen molar-refractivity contribution in [3.63, 3.8) is 0 Å². The molecule has 0 aliphatic heterocycles. The van der Waals surface area contributed by atoms with Crippen LogP contribution in [0.3, 0.4) is 0 Å². The molecule has 0 amide bonds. The van der Waals surface area contributed by atoms with E-state index in [1.165, 1.54) is 25.7 Å². The Morgan fingerprint density at radius 3 is 2.67 bits per heavy atom. The van der Waals surface area contributed by atoms with Crippen LogP contribution >= 0.6 is 12.2 Å². The molecule has 0 spiro atoms. The van der Waals surface area contributed by atoms with Crippen molar-refractivity contribution in [2.45, 2.75) is 57.8 Å². The summed E-state index contributed by atoms with van der Waals surface area (Å²) < 4.78 is 0. The molecule has 86 valence electrons. The first-order chi connectivity index (χ1) is 6.83. The first-order valence-corrected chi connectivity index (χ1v) is 6.48. The van der Waals surface area contributed by atoms with Crippen molar-refractivity contribution < 1.29 is 0 Å². The van der Waals surface area contributed by atoms with Crippen LogP contribution in [-0.2, 0) is 0 Å². The quantitative estimate of drug-likeness (QED) is 0.383. The van der Waals surface area contributed by atoms with Crippen molar-refractivity contribution in [3.8, 4) is 0 Å². The summed E-state index contributed by atoms with van der Waals surface area (Å²) in [5.74, 6) is 0.755. The topological polar surface area (TPSA) is 3.24 Å². The number of thiocarbonyl (C=S) groups is 1. The van der Waals surface area contributed by atoms with E-state index in [-0.39, 0.29) is 0 Å². The van der Waals surface area contributed by atoms with Crippen molar-refractivity contribution in [2.75, 3.05) is 7.05 Å². The first kappa shape index (κ1) is 13.0. The van der Waals surface area contributed by atoms with Crippen molar-refractivity contribution in [1.29, 1.82) is 0 Å². The Balaban J connectivity index is 2.71. The Labute approximate surface area is 101 Å². The van der Waals surface area contributed by atoms with E-state index in [2.05, 4.69) is 33.6 Å². The zero-order valence-electron chi connectivity index (χ0n) is 10.8. The summed E-state index contributed by atoms with van der Waals surface area (Å²) in [5.41, 5.74) is 0. The molecular formula is C12H24BNS. The van der Waals surface area contributed by atoms with E-state index in [0.29, 0.717) is 11.4 Å². The highest BCUT2D eigenvalue weighted by molar-refractivity contribution is 7.80. The Bertz CT molecular complexity index is 240. The van der Waals surface area contributed by atoms with Crippen LogP contribution in [0.1, 0.15) is 46.5 Å². The second-order valence-electron chi connectivity index (χ2n) is 5.94. The lowest BCUT2D eigenvalue weighted by atomic mass is 9.64. The van der Waals surface area contributed by atoms with Gasteiger partial charge in [0, 0.05) is 13.1 Å². The van der Waals surface area contributed by atoms with Crippen LogP contribution in [-0.4, -0.2) is 30.8 Å². The summed E-state index contributed by atoms with van der Waals surface area (Å²) in [5, 5.41) is 0.518. The molecule has 1 aliphatic rings. The molecule has 0 aromatic carbocycles. The third-order valence-electron chi connectivity index (χ3n) is 3.88. The number of hydrogen-bond donors (Lipinski definition) is 0. The van der Waals surface area contributed by atoms with Crippen LogP contribution < -0.4 is 0 Å². The van der Waals surface area contributed by atoms with E-state index in [4.69, 9.17) is 12.2 Å². The summed E-state index contributed by atoms with van der Waals surface area (Å²) in [6.07, 6.45) is 5.33. The Hall–Kier alpha value is -0.0451. The standard InChI is InChI=1S/C12H24BNS/c1-9-8-12(3,13)7-5-6-11(9)14(4)10(2)15/h9,11H,5-8,13H2,1-4H3. The molecule has 1 saturated carbocycles. The smallest absolute Gasteiger partial charge is 0.109 e. The van der Waals surface area contributed by atoms with Crippen LogP contribution in [0.2, 0.25) is 5.31 Å². The maximum absolute atomic E-state index is 5.28. The molecule has 0 radical (unpaired) electrons. The van der Waals surface area contributed by atoms with Gasteiger partial charge in [-0.15, -0.1) is 0 Å². The molecule has 0 aromatic rings. The van der Waals surface area contributed by atoms with Gasteiger partial charge in [-0.3, -0.25) is 0 Å². The van der Waals surface area contributed by atoms with Gasteiger partial charge in [0.1, 0.15) is 7.85 Å². The second-order valence-corrected chi connectivity index (χ2v) is 6.53. The highest BCUT2D eigenvalue weighted by Gasteiger charge is 2.31. The first-order valence-electron chi connectivity index (χ1n) is 6.07. The fraction of sp³-hybridized carbons (Fsp3) is 0.917. The Morgan fingerprint density at radius 1 is 1.53 bits per heavy atom. The lowest BCUT2D eigenvalue weighted by Crippen LogP contribution is -2.39. The monoisotopic (exact) mass is 225 g/mol. The van der Waals surface area contributed by atoms with Crippen LogP contribution in [0, 0.1) is 5.92 Å². The minimum Gasteiger partial charge on any atom is -0.366 e. The van der Waals surface area contributed by atoms with Gasteiger partial charge >= 0.3 is 0 Å². The number of nitrogens with zero attached hydrogens (tertiary/aromatic N) is 1. The fourth-order valence-corrected chi connectivity index (χ4v) is 3.13. The molecule has 0 bridgehead atoms. The predicted molar refractivity (Wildman–Crippen MR) is 74.4 cm³/mol. The third-order valence-corrected chi connectivity index (χ3v) is 4.17. The highest BCUT2D eigenvalue weighted by Crippen LogP contribution is 2.41. The minimum atomic E-state index is 0.518. The molecule has 3 unspecified atom stereocenters. The van der Waals surface area contributed by atoms with E-state index >= 15 is 0 Å². The van der Waals surface area contributed by atoms with Crippen molar-refractivity contribution in [1.82, 2.24) is 4.90 Å². The molecule has 3 atom stereocenters. The molecular weight excluding hydrogens is 201 g/mol. The van der Waals surface area contributed by atoms with Gasteiger partial charge in [-0.1, -0.05) is 50.6 Å². The molecule has 1 aliphatic carbocycles. The van der Waals surface area contributed by atoms with Crippen LogP contribution in [0.4, 0.5) is 0 Å². The Morgan fingerprint density at radius 2 is 2.13 bits per heavy atom. The Kier molecular flexibility index (Phi) is 4.22. The molecule has 1 fully saturated rings. The number of rotatable bonds is 1. The normalized spacial score (nSPS) is 37.1. The molecule has 1 rings (SSSR count). The van der Waals surface area contributed by atoms with Gasteiger partial charge in [0.25, 0.3) is 0 Å². The van der Waals surface area contributed by atoms with Gasteiger partial charge in [0.05, 0.1) is 4.99 Å². The van der Waals surface area contributed by atoms with E-state index < -0.39 is 0 Å². The lowest BCUT2D eigenvalue weighted by molar-refractivity contribution is 0.254. The predicted octanol–water partition coefficient (Wildman–Crippen LogP) is 2.66. The zero-order valence-corrected chi connectivity index (χ0v) is 11.7. The fourth-order valence-electron chi connectivity index (χ4n) is 2.99. The molecule has 0 saturated heterocycles. The van der Waals surface area contributed by atoms with Crippen LogP contribution in [0.15, 0.2) is 0 Å². The van der Waals surface area contributed by atoms with Gasteiger partial charge in [0.15, 0.2) is 0 Å². The molecule has 3 heteroatoms. The molecule has 15 heavy (non-hydrogen) atoms. The van der Waals surface area contributed by atoms with E-state index in [0.717, 1.165) is 10.9 Å². The zero-order chi connectivity index (χ0) is 11.6.